The Labute approximate surface area is 129 Å². The first kappa shape index (κ1) is 13.9. The van der Waals surface area contributed by atoms with Gasteiger partial charge in [-0.2, -0.15) is 0 Å². The molecule has 0 amide bonds. The van der Waals surface area contributed by atoms with Gasteiger partial charge < -0.3 is 9.72 Å². The van der Waals surface area contributed by atoms with Crippen LogP contribution >= 0.6 is 12.2 Å². The summed E-state index contributed by atoms with van der Waals surface area (Å²) in [6, 6.07) is 14.5. The van der Waals surface area contributed by atoms with E-state index in [1.165, 1.54) is 5.56 Å². The average molecular weight is 298 g/mol. The first-order valence-electron chi connectivity index (χ1n) is 7.11. The lowest BCUT2D eigenvalue weighted by Crippen LogP contribution is -1.94. The highest BCUT2D eigenvalue weighted by atomic mass is 32.1. The molecule has 3 aromatic rings. The van der Waals surface area contributed by atoms with Gasteiger partial charge in [0.05, 0.1) is 18.1 Å². The highest BCUT2D eigenvalue weighted by Crippen LogP contribution is 2.24. The number of aromatic nitrogens is 2. The summed E-state index contributed by atoms with van der Waals surface area (Å²) in [6.07, 6.45) is 2.27. The van der Waals surface area contributed by atoms with Crippen LogP contribution in [0, 0.1) is 4.77 Å². The van der Waals surface area contributed by atoms with Crippen molar-refractivity contribution in [2.75, 3.05) is 7.11 Å². The van der Waals surface area contributed by atoms with Gasteiger partial charge in [0.15, 0.2) is 4.77 Å². The Morgan fingerprint density at radius 1 is 1.14 bits per heavy atom. The van der Waals surface area contributed by atoms with Crippen LogP contribution in [-0.2, 0) is 6.42 Å². The lowest BCUT2D eigenvalue weighted by atomic mass is 10.1. The molecule has 0 radical (unpaired) electrons. The fourth-order valence-electron chi connectivity index (χ4n) is 2.57. The standard InChI is InChI=1S/C17H18N2OS/c1-3-4-12-5-7-13(8-6-12)19-16-10-9-14(20-2)11-15(16)18-17(19)21/h5-11H,3-4H2,1-2H3,(H,18,21). The average Bonchev–Trinajstić information content (AvgIpc) is 2.83. The maximum absolute atomic E-state index is 5.47. The number of rotatable bonds is 4. The summed E-state index contributed by atoms with van der Waals surface area (Å²) >= 11 is 5.47. The van der Waals surface area contributed by atoms with Crippen molar-refractivity contribution in [2.24, 2.45) is 0 Å². The second kappa shape index (κ2) is 5.74. The number of fused-ring (bicyclic) bond motifs is 1. The number of hydrogen-bond donors (Lipinski definition) is 1. The van der Waals surface area contributed by atoms with Crippen LogP contribution in [0.3, 0.4) is 0 Å². The number of nitrogens with one attached hydrogen (secondary N) is 1. The summed E-state index contributed by atoms with van der Waals surface area (Å²) in [7, 11) is 1.67. The topological polar surface area (TPSA) is 29.9 Å². The second-order valence-electron chi connectivity index (χ2n) is 5.07. The minimum Gasteiger partial charge on any atom is -0.497 e. The number of aryl methyl sites for hydroxylation is 1. The van der Waals surface area contributed by atoms with Crippen LogP contribution in [0.1, 0.15) is 18.9 Å². The van der Waals surface area contributed by atoms with Crippen molar-refractivity contribution in [3.63, 3.8) is 0 Å². The number of nitrogens with zero attached hydrogens (tertiary/aromatic N) is 1. The minimum atomic E-state index is 0.696. The van der Waals surface area contributed by atoms with E-state index in [2.05, 4.69) is 40.7 Å². The molecule has 3 rings (SSSR count). The van der Waals surface area contributed by atoms with E-state index in [-0.39, 0.29) is 0 Å². The molecule has 1 N–H and O–H groups in total. The molecule has 0 aliphatic carbocycles. The van der Waals surface area contributed by atoms with Crippen molar-refractivity contribution in [2.45, 2.75) is 19.8 Å². The third kappa shape index (κ3) is 2.59. The van der Waals surface area contributed by atoms with Gasteiger partial charge in [-0.3, -0.25) is 4.57 Å². The van der Waals surface area contributed by atoms with Gasteiger partial charge in [0.1, 0.15) is 5.75 Å². The Balaban J connectivity index is 2.11. The summed E-state index contributed by atoms with van der Waals surface area (Å²) in [5.41, 5.74) is 4.48. The number of imidazole rings is 1. The first-order valence-corrected chi connectivity index (χ1v) is 7.52. The molecule has 0 saturated carbocycles. The van der Waals surface area contributed by atoms with Crippen LogP contribution in [0.5, 0.6) is 5.75 Å². The van der Waals surface area contributed by atoms with Crippen molar-refractivity contribution in [1.82, 2.24) is 9.55 Å². The Bertz CT molecular complexity index is 815. The van der Waals surface area contributed by atoms with E-state index in [4.69, 9.17) is 17.0 Å². The fraction of sp³-hybridized carbons (Fsp3) is 0.235. The molecular weight excluding hydrogens is 280 g/mol. The smallest absolute Gasteiger partial charge is 0.182 e. The first-order chi connectivity index (χ1) is 10.2. The van der Waals surface area contributed by atoms with Crippen LogP contribution in [0.2, 0.25) is 0 Å². The zero-order valence-electron chi connectivity index (χ0n) is 12.2. The Morgan fingerprint density at radius 3 is 2.57 bits per heavy atom. The van der Waals surface area contributed by atoms with Crippen molar-refractivity contribution in [3.05, 3.63) is 52.8 Å². The SMILES string of the molecule is CCCc1ccc(-n2c(=S)[nH]c3cc(OC)ccc32)cc1. The van der Waals surface area contributed by atoms with Crippen LogP contribution in [0.4, 0.5) is 0 Å². The maximum Gasteiger partial charge on any atom is 0.182 e. The molecule has 0 fully saturated rings. The largest absolute Gasteiger partial charge is 0.497 e. The predicted octanol–water partition coefficient (Wildman–Crippen LogP) is 4.65. The zero-order chi connectivity index (χ0) is 14.8. The number of H-pyrrole nitrogens is 1. The molecule has 21 heavy (non-hydrogen) atoms. The van der Waals surface area contributed by atoms with Crippen LogP contribution in [0.25, 0.3) is 16.7 Å². The van der Waals surface area contributed by atoms with Gasteiger partial charge in [-0.15, -0.1) is 0 Å². The van der Waals surface area contributed by atoms with E-state index in [0.717, 1.165) is 35.3 Å². The molecule has 0 atom stereocenters. The Hall–Kier alpha value is -2.07. The van der Waals surface area contributed by atoms with Crippen LogP contribution in [-0.4, -0.2) is 16.7 Å². The van der Waals surface area contributed by atoms with Gasteiger partial charge in [-0.05, 0) is 48.5 Å². The molecule has 0 aliphatic heterocycles. The molecule has 108 valence electrons. The zero-order valence-corrected chi connectivity index (χ0v) is 13.0. The summed E-state index contributed by atoms with van der Waals surface area (Å²) in [6.45, 7) is 2.19. The Kier molecular flexibility index (Phi) is 3.80. The molecule has 0 aliphatic rings. The molecule has 2 aromatic carbocycles. The van der Waals surface area contributed by atoms with Gasteiger partial charge in [0.25, 0.3) is 0 Å². The van der Waals surface area contributed by atoms with Gasteiger partial charge >= 0.3 is 0 Å². The maximum atomic E-state index is 5.47. The summed E-state index contributed by atoms with van der Waals surface area (Å²) in [5, 5.41) is 0. The third-order valence-corrected chi connectivity index (χ3v) is 3.91. The monoisotopic (exact) mass is 298 g/mol. The molecule has 0 unspecified atom stereocenters. The van der Waals surface area contributed by atoms with Gasteiger partial charge in [-0.1, -0.05) is 25.5 Å². The van der Waals surface area contributed by atoms with Crippen molar-refractivity contribution >= 4 is 23.3 Å². The Morgan fingerprint density at radius 2 is 1.90 bits per heavy atom. The van der Waals surface area contributed by atoms with E-state index in [1.54, 1.807) is 7.11 Å². The molecule has 0 spiro atoms. The third-order valence-electron chi connectivity index (χ3n) is 3.62. The highest BCUT2D eigenvalue weighted by molar-refractivity contribution is 7.71. The number of methoxy groups -OCH3 is 1. The number of hydrogen-bond acceptors (Lipinski definition) is 2. The van der Waals surface area contributed by atoms with Gasteiger partial charge in [-0.25, -0.2) is 0 Å². The summed E-state index contributed by atoms with van der Waals surface area (Å²) < 4.78 is 8.01. The van der Waals surface area contributed by atoms with Crippen molar-refractivity contribution < 1.29 is 4.74 Å². The van der Waals surface area contributed by atoms with Crippen LogP contribution < -0.4 is 4.74 Å². The lowest BCUT2D eigenvalue weighted by molar-refractivity contribution is 0.415. The fourth-order valence-corrected chi connectivity index (χ4v) is 2.89. The van der Waals surface area contributed by atoms with Crippen molar-refractivity contribution in [3.8, 4) is 11.4 Å². The number of aromatic amines is 1. The predicted molar refractivity (Wildman–Crippen MR) is 89.0 cm³/mol. The van der Waals surface area contributed by atoms with E-state index in [0.29, 0.717) is 4.77 Å². The normalized spacial score (nSPS) is 11.0. The minimum absolute atomic E-state index is 0.696. The van der Waals surface area contributed by atoms with E-state index >= 15 is 0 Å². The van der Waals surface area contributed by atoms with Crippen molar-refractivity contribution in [1.29, 1.82) is 0 Å². The number of ether oxygens (including phenoxy) is 1. The molecule has 1 heterocycles. The number of benzene rings is 2. The molecule has 0 bridgehead atoms. The quantitative estimate of drug-likeness (QED) is 0.711. The van der Waals surface area contributed by atoms with Gasteiger partial charge in [0, 0.05) is 11.8 Å². The molecule has 1 aromatic heterocycles. The highest BCUT2D eigenvalue weighted by Gasteiger charge is 2.07. The summed E-state index contributed by atoms with van der Waals surface area (Å²) in [4.78, 5) is 3.24. The second-order valence-corrected chi connectivity index (χ2v) is 5.45. The van der Waals surface area contributed by atoms with Gasteiger partial charge in [0.2, 0.25) is 0 Å². The molecular formula is C17H18N2OS. The molecule has 0 saturated heterocycles. The summed E-state index contributed by atoms with van der Waals surface area (Å²) in [5.74, 6) is 0.823. The van der Waals surface area contributed by atoms with Crippen LogP contribution in [0.15, 0.2) is 42.5 Å². The van der Waals surface area contributed by atoms with E-state index < -0.39 is 0 Å². The van der Waals surface area contributed by atoms with E-state index in [9.17, 15) is 0 Å². The lowest BCUT2D eigenvalue weighted by Gasteiger charge is -2.06. The van der Waals surface area contributed by atoms with E-state index in [1.807, 2.05) is 18.2 Å². The molecule has 3 nitrogen and oxygen atoms in total. The molecule has 4 heteroatoms.